The number of benzene rings is 1. The van der Waals surface area contributed by atoms with E-state index in [1.165, 1.54) is 0 Å². The standard InChI is InChI=1S/C17H26N4O3S2/c22-26(23,21-8-1-2-9-21)16-5-3-15(4-6-16)19-17(25)18-7-10-20-11-13-24-14-12-20/h3-6H,1-2,7-14H2,(H2,18,19,25). The third-order valence-corrected chi connectivity index (χ3v) is 6.79. The smallest absolute Gasteiger partial charge is 0.243 e. The topological polar surface area (TPSA) is 73.9 Å². The Morgan fingerprint density at radius 2 is 1.73 bits per heavy atom. The molecule has 0 aliphatic carbocycles. The van der Waals surface area contributed by atoms with Gasteiger partial charge in [-0.1, -0.05) is 0 Å². The Labute approximate surface area is 160 Å². The van der Waals surface area contributed by atoms with Crippen molar-refractivity contribution < 1.29 is 13.2 Å². The number of nitrogens with zero attached hydrogens (tertiary/aromatic N) is 2. The molecule has 0 atom stereocenters. The predicted molar refractivity (Wildman–Crippen MR) is 106 cm³/mol. The third kappa shape index (κ3) is 5.14. The summed E-state index contributed by atoms with van der Waals surface area (Å²) in [5, 5.41) is 6.81. The van der Waals surface area contributed by atoms with Gasteiger partial charge in [-0.3, -0.25) is 4.90 Å². The molecule has 1 aromatic carbocycles. The van der Waals surface area contributed by atoms with Crippen LogP contribution in [-0.2, 0) is 14.8 Å². The zero-order chi connectivity index (χ0) is 18.4. The molecule has 0 amide bonds. The Morgan fingerprint density at radius 3 is 2.38 bits per heavy atom. The van der Waals surface area contributed by atoms with Crippen LogP contribution in [0.15, 0.2) is 29.2 Å². The Morgan fingerprint density at radius 1 is 1.08 bits per heavy atom. The predicted octanol–water partition coefficient (Wildman–Crippen LogP) is 1.09. The maximum Gasteiger partial charge on any atom is 0.243 e. The second-order valence-corrected chi connectivity index (χ2v) is 8.82. The second-order valence-electron chi connectivity index (χ2n) is 6.47. The average molecular weight is 399 g/mol. The molecule has 1 aromatic rings. The van der Waals surface area contributed by atoms with Crippen LogP contribution < -0.4 is 10.6 Å². The van der Waals surface area contributed by atoms with Gasteiger partial charge in [-0.25, -0.2) is 8.42 Å². The first-order valence-corrected chi connectivity index (χ1v) is 10.9. The number of morpholine rings is 1. The first kappa shape index (κ1) is 19.5. The summed E-state index contributed by atoms with van der Waals surface area (Å²) in [7, 11) is -3.37. The van der Waals surface area contributed by atoms with E-state index in [-0.39, 0.29) is 0 Å². The van der Waals surface area contributed by atoms with E-state index in [1.807, 2.05) is 0 Å². The third-order valence-electron chi connectivity index (χ3n) is 4.63. The van der Waals surface area contributed by atoms with E-state index >= 15 is 0 Å². The molecule has 0 spiro atoms. The Bertz CT molecular complexity index is 697. The molecule has 9 heteroatoms. The van der Waals surface area contributed by atoms with Crippen LogP contribution >= 0.6 is 12.2 Å². The molecule has 0 saturated carbocycles. The molecule has 26 heavy (non-hydrogen) atoms. The minimum absolute atomic E-state index is 0.330. The minimum Gasteiger partial charge on any atom is -0.379 e. The van der Waals surface area contributed by atoms with Crippen molar-refractivity contribution in [2.45, 2.75) is 17.7 Å². The van der Waals surface area contributed by atoms with Crippen LogP contribution in [0.4, 0.5) is 5.69 Å². The van der Waals surface area contributed by atoms with E-state index in [0.29, 0.717) is 23.1 Å². The van der Waals surface area contributed by atoms with Gasteiger partial charge in [0.2, 0.25) is 10.0 Å². The normalized spacial score (nSPS) is 19.4. The molecule has 2 saturated heterocycles. The first-order chi connectivity index (χ1) is 12.6. The summed E-state index contributed by atoms with van der Waals surface area (Å²) in [5.74, 6) is 0. The number of hydrogen-bond acceptors (Lipinski definition) is 5. The molecule has 0 bridgehead atoms. The summed E-state index contributed by atoms with van der Waals surface area (Å²) < 4.78 is 31.9. The van der Waals surface area contributed by atoms with Crippen LogP contribution in [0.3, 0.4) is 0 Å². The quantitative estimate of drug-likeness (QED) is 0.695. The molecule has 7 nitrogen and oxygen atoms in total. The van der Waals surface area contributed by atoms with Crippen molar-refractivity contribution in [2.24, 2.45) is 0 Å². The van der Waals surface area contributed by atoms with Gasteiger partial charge in [-0.15, -0.1) is 0 Å². The summed E-state index contributed by atoms with van der Waals surface area (Å²) in [6.45, 7) is 6.37. The van der Waals surface area contributed by atoms with E-state index in [1.54, 1.807) is 28.6 Å². The highest BCUT2D eigenvalue weighted by Gasteiger charge is 2.26. The summed E-state index contributed by atoms with van der Waals surface area (Å²) >= 11 is 5.30. The first-order valence-electron chi connectivity index (χ1n) is 9.01. The number of rotatable bonds is 6. The van der Waals surface area contributed by atoms with Crippen molar-refractivity contribution in [3.05, 3.63) is 24.3 Å². The molecule has 144 valence electrons. The molecular formula is C17H26N4O3S2. The Kier molecular flexibility index (Phi) is 6.82. The number of thiocarbonyl (C=S) groups is 1. The molecule has 3 rings (SSSR count). The Hall–Kier alpha value is -1.26. The monoisotopic (exact) mass is 398 g/mol. The zero-order valence-electron chi connectivity index (χ0n) is 14.8. The summed E-state index contributed by atoms with van der Waals surface area (Å²) in [6, 6.07) is 6.76. The van der Waals surface area contributed by atoms with Crippen molar-refractivity contribution in [2.75, 3.05) is 57.8 Å². The van der Waals surface area contributed by atoms with Crippen molar-refractivity contribution in [1.29, 1.82) is 0 Å². The van der Waals surface area contributed by atoms with Gasteiger partial charge in [0, 0.05) is 45.0 Å². The van der Waals surface area contributed by atoms with E-state index in [9.17, 15) is 8.42 Å². The van der Waals surface area contributed by atoms with Crippen LogP contribution in [0.2, 0.25) is 0 Å². The summed E-state index contributed by atoms with van der Waals surface area (Å²) in [5.41, 5.74) is 0.772. The highest BCUT2D eigenvalue weighted by Crippen LogP contribution is 2.22. The summed E-state index contributed by atoms with van der Waals surface area (Å²) in [6.07, 6.45) is 1.87. The number of nitrogens with one attached hydrogen (secondary N) is 2. The molecule has 2 N–H and O–H groups in total. The fourth-order valence-electron chi connectivity index (χ4n) is 3.12. The highest BCUT2D eigenvalue weighted by atomic mass is 32.2. The second kappa shape index (κ2) is 9.09. The number of anilines is 1. The molecule has 0 aromatic heterocycles. The van der Waals surface area contributed by atoms with Gasteiger partial charge in [-0.2, -0.15) is 4.31 Å². The zero-order valence-corrected chi connectivity index (χ0v) is 16.4. The lowest BCUT2D eigenvalue weighted by molar-refractivity contribution is 0.0389. The highest BCUT2D eigenvalue weighted by molar-refractivity contribution is 7.89. The number of hydrogen-bond donors (Lipinski definition) is 2. The molecule has 2 aliphatic rings. The van der Waals surface area contributed by atoms with E-state index < -0.39 is 10.0 Å². The van der Waals surface area contributed by atoms with E-state index in [0.717, 1.165) is 57.9 Å². The molecule has 0 radical (unpaired) electrons. The largest absolute Gasteiger partial charge is 0.379 e. The van der Waals surface area contributed by atoms with Gasteiger partial charge in [0.15, 0.2) is 5.11 Å². The maximum absolute atomic E-state index is 12.5. The lowest BCUT2D eigenvalue weighted by atomic mass is 10.3. The SMILES string of the molecule is O=S(=O)(c1ccc(NC(=S)NCCN2CCOCC2)cc1)N1CCCC1. The van der Waals surface area contributed by atoms with Crippen LogP contribution in [0.5, 0.6) is 0 Å². The van der Waals surface area contributed by atoms with Crippen LogP contribution in [0.1, 0.15) is 12.8 Å². The number of ether oxygens (including phenoxy) is 1. The van der Waals surface area contributed by atoms with Gasteiger partial charge < -0.3 is 15.4 Å². The van der Waals surface area contributed by atoms with E-state index in [2.05, 4.69) is 15.5 Å². The van der Waals surface area contributed by atoms with Gasteiger partial charge in [0.25, 0.3) is 0 Å². The van der Waals surface area contributed by atoms with Gasteiger partial charge in [0.05, 0.1) is 18.1 Å². The average Bonchev–Trinajstić information content (AvgIpc) is 3.19. The van der Waals surface area contributed by atoms with E-state index in [4.69, 9.17) is 17.0 Å². The number of sulfonamides is 1. The lowest BCUT2D eigenvalue weighted by Crippen LogP contribution is -2.42. The van der Waals surface area contributed by atoms with Crippen molar-refractivity contribution in [3.8, 4) is 0 Å². The van der Waals surface area contributed by atoms with Crippen molar-refractivity contribution in [1.82, 2.24) is 14.5 Å². The fourth-order valence-corrected chi connectivity index (χ4v) is 4.85. The Balaban J connectivity index is 1.46. The van der Waals surface area contributed by atoms with Gasteiger partial charge in [0.1, 0.15) is 0 Å². The van der Waals surface area contributed by atoms with Crippen LogP contribution in [0, 0.1) is 0 Å². The summed E-state index contributed by atoms with van der Waals surface area (Å²) in [4.78, 5) is 2.66. The van der Waals surface area contributed by atoms with Crippen molar-refractivity contribution in [3.63, 3.8) is 0 Å². The van der Waals surface area contributed by atoms with Gasteiger partial charge >= 0.3 is 0 Å². The van der Waals surface area contributed by atoms with Crippen LogP contribution in [-0.4, -0.2) is 75.2 Å². The maximum atomic E-state index is 12.5. The van der Waals surface area contributed by atoms with Crippen molar-refractivity contribution >= 4 is 33.0 Å². The van der Waals surface area contributed by atoms with Gasteiger partial charge in [-0.05, 0) is 49.3 Å². The molecular weight excluding hydrogens is 372 g/mol. The molecule has 2 aliphatic heterocycles. The fraction of sp³-hybridized carbons (Fsp3) is 0.588. The lowest BCUT2D eigenvalue weighted by Gasteiger charge is -2.26. The van der Waals surface area contributed by atoms with Crippen LogP contribution in [0.25, 0.3) is 0 Å². The molecule has 0 unspecified atom stereocenters. The minimum atomic E-state index is -3.37. The molecule has 2 fully saturated rings. The molecule has 2 heterocycles.